The first kappa shape index (κ1) is 25.8. The predicted molar refractivity (Wildman–Crippen MR) is 128 cm³/mol. The Balaban J connectivity index is 2.11. The zero-order valence-corrected chi connectivity index (χ0v) is 20.3. The van der Waals surface area contributed by atoms with E-state index < -0.39 is 22.5 Å². The van der Waals surface area contributed by atoms with Crippen molar-refractivity contribution < 1.29 is 22.7 Å². The topological polar surface area (TPSA) is 97.3 Å². The summed E-state index contributed by atoms with van der Waals surface area (Å²) in [6, 6.07) is 9.78. The van der Waals surface area contributed by atoms with Crippen LogP contribution in [0.5, 0.6) is 11.5 Å². The third-order valence-electron chi connectivity index (χ3n) is 4.02. The van der Waals surface area contributed by atoms with Gasteiger partial charge < -0.3 is 9.47 Å². The molecule has 0 heterocycles. The van der Waals surface area contributed by atoms with Gasteiger partial charge in [0.05, 0.1) is 41.4 Å². The molecule has 0 aliphatic carbocycles. The second kappa shape index (κ2) is 11.9. The van der Waals surface area contributed by atoms with Crippen molar-refractivity contribution in [3.63, 3.8) is 0 Å². The summed E-state index contributed by atoms with van der Waals surface area (Å²) in [7, 11) is -3.81. The van der Waals surface area contributed by atoms with Crippen molar-refractivity contribution in [2.45, 2.75) is 20.3 Å². The zero-order valence-electron chi connectivity index (χ0n) is 18.0. The second-order valence-corrected chi connectivity index (χ2v) is 9.32. The number of carbonyl (C=O) groups is 1. The zero-order chi connectivity index (χ0) is 23.7. The minimum absolute atomic E-state index is 0.0322. The van der Waals surface area contributed by atoms with Gasteiger partial charge in [0.25, 0.3) is 5.91 Å². The monoisotopic (exact) mass is 501 g/mol. The second-order valence-electron chi connectivity index (χ2n) is 6.62. The average Bonchev–Trinajstić information content (AvgIpc) is 2.73. The van der Waals surface area contributed by atoms with Crippen LogP contribution in [0.4, 0.5) is 5.69 Å². The van der Waals surface area contributed by atoms with Gasteiger partial charge in [0.15, 0.2) is 11.5 Å². The largest absolute Gasteiger partial charge is 0.490 e. The standard InChI is InChI=1S/C21H25Cl2N3O5S/c1-4-11-31-18-10-9-15(12-19(18)30-5-2)13-24-25-20(27)14-26(32(3,28)29)17-8-6-7-16(22)21(17)23/h6-10,12-13H,4-5,11,14H2,1-3H3,(H,25,27)/b24-13-. The molecule has 0 saturated heterocycles. The van der Waals surface area contributed by atoms with Crippen LogP contribution in [0.3, 0.4) is 0 Å². The highest BCUT2D eigenvalue weighted by atomic mass is 35.5. The Labute approximate surface area is 198 Å². The molecule has 2 aromatic carbocycles. The molecule has 174 valence electrons. The molecule has 0 atom stereocenters. The van der Waals surface area contributed by atoms with Crippen LogP contribution in [0.2, 0.25) is 10.0 Å². The Morgan fingerprint density at radius 1 is 1.16 bits per heavy atom. The molecule has 0 saturated carbocycles. The van der Waals surface area contributed by atoms with Gasteiger partial charge >= 0.3 is 0 Å². The number of ether oxygens (including phenoxy) is 2. The molecule has 0 spiro atoms. The lowest BCUT2D eigenvalue weighted by molar-refractivity contribution is -0.119. The third-order valence-corrected chi connectivity index (χ3v) is 5.96. The minimum Gasteiger partial charge on any atom is -0.490 e. The highest BCUT2D eigenvalue weighted by Crippen LogP contribution is 2.33. The van der Waals surface area contributed by atoms with E-state index in [0.29, 0.717) is 30.3 Å². The molecule has 0 aliphatic heterocycles. The molecule has 0 aromatic heterocycles. The number of rotatable bonds is 11. The number of nitrogens with zero attached hydrogens (tertiary/aromatic N) is 2. The van der Waals surface area contributed by atoms with Gasteiger partial charge in [-0.2, -0.15) is 5.10 Å². The number of anilines is 1. The number of hydrogen-bond donors (Lipinski definition) is 1. The van der Waals surface area contributed by atoms with Gasteiger partial charge in [-0.25, -0.2) is 13.8 Å². The summed E-state index contributed by atoms with van der Waals surface area (Å²) >= 11 is 12.1. The molecule has 0 bridgehead atoms. The van der Waals surface area contributed by atoms with Crippen LogP contribution in [0.1, 0.15) is 25.8 Å². The van der Waals surface area contributed by atoms with E-state index in [1.54, 1.807) is 24.3 Å². The molecule has 8 nitrogen and oxygen atoms in total. The van der Waals surface area contributed by atoms with Gasteiger partial charge in [0.2, 0.25) is 10.0 Å². The quantitative estimate of drug-likeness (QED) is 0.369. The molecule has 0 fully saturated rings. The number of carbonyl (C=O) groups excluding carboxylic acids is 1. The maximum Gasteiger partial charge on any atom is 0.260 e. The molecule has 0 aliphatic rings. The fraction of sp³-hybridized carbons (Fsp3) is 0.333. The lowest BCUT2D eigenvalue weighted by Crippen LogP contribution is -2.39. The van der Waals surface area contributed by atoms with Gasteiger partial charge in [-0.1, -0.05) is 36.2 Å². The number of sulfonamides is 1. The van der Waals surface area contributed by atoms with E-state index in [-0.39, 0.29) is 15.7 Å². The Bertz CT molecular complexity index is 1080. The number of amides is 1. The van der Waals surface area contributed by atoms with Crippen molar-refractivity contribution in [3.05, 3.63) is 52.0 Å². The number of benzene rings is 2. The maximum absolute atomic E-state index is 12.3. The van der Waals surface area contributed by atoms with Gasteiger partial charge in [-0.3, -0.25) is 9.10 Å². The lowest BCUT2D eigenvalue weighted by atomic mass is 10.2. The molecule has 2 aromatic rings. The van der Waals surface area contributed by atoms with Crippen LogP contribution in [-0.2, 0) is 14.8 Å². The molecular formula is C21H25Cl2N3O5S. The first-order valence-corrected chi connectivity index (χ1v) is 12.4. The smallest absolute Gasteiger partial charge is 0.260 e. The van der Waals surface area contributed by atoms with Crippen LogP contribution < -0.4 is 19.2 Å². The van der Waals surface area contributed by atoms with Gasteiger partial charge in [0.1, 0.15) is 6.54 Å². The van der Waals surface area contributed by atoms with Crippen molar-refractivity contribution in [2.75, 3.05) is 30.3 Å². The van der Waals surface area contributed by atoms with Crippen molar-refractivity contribution in [1.29, 1.82) is 0 Å². The molecule has 1 N–H and O–H groups in total. The lowest BCUT2D eigenvalue weighted by Gasteiger charge is -2.22. The summed E-state index contributed by atoms with van der Waals surface area (Å²) in [6.07, 6.45) is 3.26. The highest BCUT2D eigenvalue weighted by molar-refractivity contribution is 7.92. The van der Waals surface area contributed by atoms with Gasteiger partial charge in [0, 0.05) is 0 Å². The number of halogens is 2. The van der Waals surface area contributed by atoms with Crippen LogP contribution in [0.15, 0.2) is 41.5 Å². The van der Waals surface area contributed by atoms with Crippen molar-refractivity contribution in [1.82, 2.24) is 5.43 Å². The summed E-state index contributed by atoms with van der Waals surface area (Å²) in [5.74, 6) is 0.530. The molecule has 11 heteroatoms. The molecule has 1 amide bonds. The Hall–Kier alpha value is -2.49. The Morgan fingerprint density at radius 2 is 1.91 bits per heavy atom. The summed E-state index contributed by atoms with van der Waals surface area (Å²) in [6.45, 7) is 4.38. The Kier molecular flexibility index (Phi) is 9.61. The predicted octanol–water partition coefficient (Wildman–Crippen LogP) is 4.10. The average molecular weight is 502 g/mol. The normalized spacial score (nSPS) is 11.4. The number of nitrogens with one attached hydrogen (secondary N) is 1. The van der Waals surface area contributed by atoms with Crippen molar-refractivity contribution >= 4 is 51.0 Å². The van der Waals surface area contributed by atoms with E-state index in [1.165, 1.54) is 18.3 Å². The van der Waals surface area contributed by atoms with E-state index in [4.69, 9.17) is 32.7 Å². The van der Waals surface area contributed by atoms with Gasteiger partial charge in [-0.15, -0.1) is 0 Å². The van der Waals surface area contributed by atoms with E-state index >= 15 is 0 Å². The first-order valence-electron chi connectivity index (χ1n) is 9.80. The minimum atomic E-state index is -3.81. The third kappa shape index (κ3) is 7.29. The Morgan fingerprint density at radius 3 is 2.56 bits per heavy atom. The molecule has 32 heavy (non-hydrogen) atoms. The van der Waals surface area contributed by atoms with Crippen LogP contribution in [0.25, 0.3) is 0 Å². The van der Waals surface area contributed by atoms with E-state index in [0.717, 1.165) is 17.0 Å². The van der Waals surface area contributed by atoms with Crippen molar-refractivity contribution in [2.24, 2.45) is 5.10 Å². The van der Waals surface area contributed by atoms with E-state index in [9.17, 15) is 13.2 Å². The summed E-state index contributed by atoms with van der Waals surface area (Å²) in [4.78, 5) is 12.3. The van der Waals surface area contributed by atoms with Crippen molar-refractivity contribution in [3.8, 4) is 11.5 Å². The molecule has 0 unspecified atom stereocenters. The number of hydrazone groups is 1. The summed E-state index contributed by atoms with van der Waals surface area (Å²) < 4.78 is 36.5. The molecule has 0 radical (unpaired) electrons. The van der Waals surface area contributed by atoms with E-state index in [2.05, 4.69) is 10.5 Å². The fourth-order valence-corrected chi connectivity index (χ4v) is 3.92. The summed E-state index contributed by atoms with van der Waals surface area (Å²) in [5.41, 5.74) is 3.08. The highest BCUT2D eigenvalue weighted by Gasteiger charge is 2.23. The van der Waals surface area contributed by atoms with Crippen LogP contribution in [0, 0.1) is 0 Å². The molecular weight excluding hydrogens is 477 g/mol. The van der Waals surface area contributed by atoms with Crippen LogP contribution >= 0.6 is 23.2 Å². The molecule has 2 rings (SSSR count). The van der Waals surface area contributed by atoms with Gasteiger partial charge in [-0.05, 0) is 49.2 Å². The van der Waals surface area contributed by atoms with Crippen LogP contribution in [-0.4, -0.2) is 46.6 Å². The fourth-order valence-electron chi connectivity index (χ4n) is 2.62. The number of hydrogen-bond acceptors (Lipinski definition) is 6. The first-order chi connectivity index (χ1) is 15.2. The summed E-state index contributed by atoms with van der Waals surface area (Å²) in [5, 5.41) is 4.11. The maximum atomic E-state index is 12.3. The SMILES string of the molecule is CCCOc1ccc(/C=N\NC(=O)CN(c2cccc(Cl)c2Cl)S(C)(=O)=O)cc1OCC. The van der Waals surface area contributed by atoms with E-state index in [1.807, 2.05) is 13.8 Å².